The molecule has 110 valence electrons. The summed E-state index contributed by atoms with van der Waals surface area (Å²) >= 11 is 0. The van der Waals surface area contributed by atoms with E-state index >= 15 is 0 Å². The molecule has 2 aromatic carbocycles. The minimum absolute atomic E-state index is 0.0215. The third kappa shape index (κ3) is 2.88. The van der Waals surface area contributed by atoms with Crippen molar-refractivity contribution in [1.29, 1.82) is 0 Å². The molecule has 0 atom stereocenters. The van der Waals surface area contributed by atoms with Gasteiger partial charge in [0.05, 0.1) is 11.4 Å². The van der Waals surface area contributed by atoms with Crippen molar-refractivity contribution in [1.82, 2.24) is 0 Å². The van der Waals surface area contributed by atoms with Gasteiger partial charge in [-0.1, -0.05) is 30.3 Å². The van der Waals surface area contributed by atoms with Crippen LogP contribution in [0.1, 0.15) is 17.5 Å². The number of nitrogens with two attached hydrogens (primary N) is 1. The van der Waals surface area contributed by atoms with Crippen molar-refractivity contribution >= 4 is 21.4 Å². The topological polar surface area (TPSA) is 63.4 Å². The van der Waals surface area contributed by atoms with Crippen LogP contribution in [-0.4, -0.2) is 15.0 Å². The van der Waals surface area contributed by atoms with E-state index in [9.17, 15) is 8.42 Å². The van der Waals surface area contributed by atoms with E-state index in [1.54, 1.807) is 24.3 Å². The predicted octanol–water partition coefficient (Wildman–Crippen LogP) is 2.55. The van der Waals surface area contributed by atoms with Crippen LogP contribution >= 0.6 is 0 Å². The Balaban J connectivity index is 1.93. The Kier molecular flexibility index (Phi) is 3.59. The van der Waals surface area contributed by atoms with Gasteiger partial charge in [0.1, 0.15) is 0 Å². The van der Waals surface area contributed by atoms with Gasteiger partial charge in [0.15, 0.2) is 0 Å². The van der Waals surface area contributed by atoms with E-state index in [1.165, 1.54) is 4.31 Å². The first-order valence-electron chi connectivity index (χ1n) is 6.99. The maximum absolute atomic E-state index is 12.7. The standard InChI is InChI=1S/C16H18N2O2S/c17-15-8-3-5-13(11-15)12-21(19,20)18-10-4-7-14-6-1-2-9-16(14)18/h1-3,5-6,8-9,11H,4,7,10,12,17H2. The van der Waals surface area contributed by atoms with Gasteiger partial charge in [-0.3, -0.25) is 4.31 Å². The molecule has 0 aliphatic carbocycles. The fourth-order valence-electron chi connectivity index (χ4n) is 2.76. The van der Waals surface area contributed by atoms with Crippen molar-refractivity contribution in [3.05, 3.63) is 59.7 Å². The molecule has 0 saturated carbocycles. The second-order valence-corrected chi connectivity index (χ2v) is 7.20. The van der Waals surface area contributed by atoms with Gasteiger partial charge in [-0.15, -0.1) is 0 Å². The number of hydrogen-bond donors (Lipinski definition) is 1. The highest BCUT2D eigenvalue weighted by Crippen LogP contribution is 2.30. The molecule has 5 heteroatoms. The fourth-order valence-corrected chi connectivity index (χ4v) is 4.40. The van der Waals surface area contributed by atoms with Crippen LogP contribution in [0.15, 0.2) is 48.5 Å². The lowest BCUT2D eigenvalue weighted by atomic mass is 10.0. The summed E-state index contributed by atoms with van der Waals surface area (Å²) in [5, 5.41) is 0. The van der Waals surface area contributed by atoms with Gasteiger partial charge in [0.2, 0.25) is 10.0 Å². The monoisotopic (exact) mass is 302 g/mol. The van der Waals surface area contributed by atoms with Gasteiger partial charge in [-0.2, -0.15) is 0 Å². The van der Waals surface area contributed by atoms with Crippen LogP contribution < -0.4 is 10.0 Å². The van der Waals surface area contributed by atoms with Crippen LogP contribution in [0.25, 0.3) is 0 Å². The highest BCUT2D eigenvalue weighted by atomic mass is 32.2. The summed E-state index contributed by atoms with van der Waals surface area (Å²) in [6.07, 6.45) is 1.79. The number of fused-ring (bicyclic) bond motifs is 1. The minimum Gasteiger partial charge on any atom is -0.399 e. The molecule has 4 nitrogen and oxygen atoms in total. The van der Waals surface area contributed by atoms with Gasteiger partial charge >= 0.3 is 0 Å². The molecule has 1 heterocycles. The van der Waals surface area contributed by atoms with Crippen molar-refractivity contribution in [2.24, 2.45) is 0 Å². The molecule has 0 radical (unpaired) electrons. The predicted molar refractivity (Wildman–Crippen MR) is 85.6 cm³/mol. The molecular formula is C16H18N2O2S. The number of nitrogen functional groups attached to an aromatic ring is 1. The average molecular weight is 302 g/mol. The number of sulfonamides is 1. The summed E-state index contributed by atoms with van der Waals surface area (Å²) in [6.45, 7) is 0.543. The average Bonchev–Trinajstić information content (AvgIpc) is 2.46. The van der Waals surface area contributed by atoms with Gasteiger partial charge < -0.3 is 5.73 Å². The largest absolute Gasteiger partial charge is 0.399 e. The van der Waals surface area contributed by atoms with E-state index in [2.05, 4.69) is 0 Å². The fraction of sp³-hybridized carbons (Fsp3) is 0.250. The Bertz CT molecular complexity index is 756. The quantitative estimate of drug-likeness (QED) is 0.886. The summed E-state index contributed by atoms with van der Waals surface area (Å²) in [5.41, 5.74) is 8.94. The maximum atomic E-state index is 12.7. The molecule has 0 saturated heterocycles. The van der Waals surface area contributed by atoms with Crippen LogP contribution in [0.2, 0.25) is 0 Å². The number of benzene rings is 2. The van der Waals surface area contributed by atoms with E-state index in [-0.39, 0.29) is 5.75 Å². The summed E-state index contributed by atoms with van der Waals surface area (Å²) in [4.78, 5) is 0. The first-order chi connectivity index (χ1) is 10.1. The third-order valence-corrected chi connectivity index (χ3v) is 5.45. The zero-order valence-electron chi connectivity index (χ0n) is 11.7. The number of para-hydroxylation sites is 1. The molecule has 21 heavy (non-hydrogen) atoms. The molecule has 0 unspecified atom stereocenters. The molecule has 1 aliphatic heterocycles. The number of aryl methyl sites for hydroxylation is 1. The third-order valence-electron chi connectivity index (χ3n) is 3.70. The van der Waals surface area contributed by atoms with E-state index in [4.69, 9.17) is 5.73 Å². The normalized spacial score (nSPS) is 14.8. The molecule has 2 N–H and O–H groups in total. The number of anilines is 2. The lowest BCUT2D eigenvalue weighted by molar-refractivity contribution is 0.586. The Morgan fingerprint density at radius 3 is 2.71 bits per heavy atom. The maximum Gasteiger partial charge on any atom is 0.239 e. The van der Waals surface area contributed by atoms with E-state index in [1.807, 2.05) is 24.3 Å². The highest BCUT2D eigenvalue weighted by Gasteiger charge is 2.27. The molecular weight excluding hydrogens is 284 g/mol. The van der Waals surface area contributed by atoms with Crippen LogP contribution in [0.4, 0.5) is 11.4 Å². The molecule has 0 bridgehead atoms. The molecule has 2 aromatic rings. The van der Waals surface area contributed by atoms with Gasteiger partial charge in [-0.25, -0.2) is 8.42 Å². The molecule has 0 fully saturated rings. The second-order valence-electron chi connectivity index (χ2n) is 5.31. The minimum atomic E-state index is -3.39. The van der Waals surface area contributed by atoms with Crippen molar-refractivity contribution in [3.63, 3.8) is 0 Å². The SMILES string of the molecule is Nc1cccc(CS(=O)(=O)N2CCCc3ccccc32)c1. The summed E-state index contributed by atoms with van der Waals surface area (Å²) < 4.78 is 27.0. The van der Waals surface area contributed by atoms with Crippen molar-refractivity contribution in [2.75, 3.05) is 16.6 Å². The van der Waals surface area contributed by atoms with Crippen LogP contribution in [-0.2, 0) is 22.2 Å². The van der Waals surface area contributed by atoms with Crippen LogP contribution in [0.3, 0.4) is 0 Å². The zero-order valence-corrected chi connectivity index (χ0v) is 12.5. The van der Waals surface area contributed by atoms with Crippen LogP contribution in [0.5, 0.6) is 0 Å². The first-order valence-corrected chi connectivity index (χ1v) is 8.60. The van der Waals surface area contributed by atoms with Crippen molar-refractivity contribution in [2.45, 2.75) is 18.6 Å². The Morgan fingerprint density at radius 1 is 1.10 bits per heavy atom. The Morgan fingerprint density at radius 2 is 1.90 bits per heavy atom. The summed E-state index contributed by atoms with van der Waals surface area (Å²) in [5.74, 6) is -0.0215. The van der Waals surface area contributed by atoms with E-state index in [0.717, 1.165) is 29.7 Å². The molecule has 1 aliphatic rings. The van der Waals surface area contributed by atoms with Crippen molar-refractivity contribution in [3.8, 4) is 0 Å². The molecule has 0 amide bonds. The number of rotatable bonds is 3. The molecule has 0 aromatic heterocycles. The Hall–Kier alpha value is -2.01. The molecule has 3 rings (SSSR count). The van der Waals surface area contributed by atoms with Gasteiger partial charge in [0, 0.05) is 12.2 Å². The number of hydrogen-bond acceptors (Lipinski definition) is 3. The zero-order chi connectivity index (χ0) is 14.9. The van der Waals surface area contributed by atoms with Crippen molar-refractivity contribution < 1.29 is 8.42 Å². The second kappa shape index (κ2) is 5.41. The lowest BCUT2D eigenvalue weighted by Crippen LogP contribution is -2.36. The summed E-state index contributed by atoms with van der Waals surface area (Å²) in [6, 6.07) is 14.8. The van der Waals surface area contributed by atoms with E-state index in [0.29, 0.717) is 12.2 Å². The Labute approximate surface area is 125 Å². The number of nitrogens with zero attached hydrogens (tertiary/aromatic N) is 1. The first kappa shape index (κ1) is 13.9. The lowest BCUT2D eigenvalue weighted by Gasteiger charge is -2.30. The summed E-state index contributed by atoms with van der Waals surface area (Å²) in [7, 11) is -3.39. The smallest absolute Gasteiger partial charge is 0.239 e. The van der Waals surface area contributed by atoms with E-state index < -0.39 is 10.0 Å². The van der Waals surface area contributed by atoms with Gasteiger partial charge in [0.25, 0.3) is 0 Å². The van der Waals surface area contributed by atoms with Gasteiger partial charge in [-0.05, 0) is 42.2 Å². The van der Waals surface area contributed by atoms with Crippen LogP contribution in [0, 0.1) is 0 Å². The molecule has 0 spiro atoms. The highest BCUT2D eigenvalue weighted by molar-refractivity contribution is 7.92.